The zero-order chi connectivity index (χ0) is 16.4. The molecule has 0 amide bonds. The molecule has 0 unspecified atom stereocenters. The molecule has 0 saturated carbocycles. The van der Waals surface area contributed by atoms with Crippen LogP contribution in [0.5, 0.6) is 0 Å². The standard InChI is InChI=1S/C21H14OS2/c22-21(17-5-1-15(2-6-17)19-9-11-23-13-19)18-7-3-16(4-8-18)20-10-12-24-14-20/h1-14H. The molecule has 0 spiro atoms. The maximum absolute atomic E-state index is 12.6. The summed E-state index contributed by atoms with van der Waals surface area (Å²) in [6.45, 7) is 0. The first-order valence-corrected chi connectivity index (χ1v) is 9.50. The van der Waals surface area contributed by atoms with E-state index in [2.05, 4.69) is 33.7 Å². The molecule has 0 fully saturated rings. The van der Waals surface area contributed by atoms with Gasteiger partial charge in [0.1, 0.15) is 0 Å². The molecule has 0 N–H and O–H groups in total. The minimum Gasteiger partial charge on any atom is -0.289 e. The lowest BCUT2D eigenvalue weighted by atomic mass is 9.99. The molecule has 4 aromatic rings. The van der Waals surface area contributed by atoms with Gasteiger partial charge in [0, 0.05) is 11.1 Å². The van der Waals surface area contributed by atoms with Crippen LogP contribution in [0, 0.1) is 0 Å². The summed E-state index contributed by atoms with van der Waals surface area (Å²) in [6, 6.07) is 19.8. The van der Waals surface area contributed by atoms with E-state index in [-0.39, 0.29) is 5.78 Å². The maximum atomic E-state index is 12.6. The van der Waals surface area contributed by atoms with Crippen molar-refractivity contribution in [1.82, 2.24) is 0 Å². The van der Waals surface area contributed by atoms with Crippen LogP contribution < -0.4 is 0 Å². The SMILES string of the molecule is O=C(c1ccc(-c2ccsc2)cc1)c1ccc(-c2ccsc2)cc1. The van der Waals surface area contributed by atoms with Crippen molar-refractivity contribution in [3.63, 3.8) is 0 Å². The van der Waals surface area contributed by atoms with Gasteiger partial charge in [0.15, 0.2) is 5.78 Å². The van der Waals surface area contributed by atoms with Gasteiger partial charge in [0.05, 0.1) is 0 Å². The van der Waals surface area contributed by atoms with E-state index in [0.717, 1.165) is 22.3 Å². The van der Waals surface area contributed by atoms with Gasteiger partial charge in [-0.25, -0.2) is 0 Å². The first-order chi connectivity index (χ1) is 11.8. The van der Waals surface area contributed by atoms with Gasteiger partial charge in [0.2, 0.25) is 0 Å². The van der Waals surface area contributed by atoms with E-state index < -0.39 is 0 Å². The van der Waals surface area contributed by atoms with Gasteiger partial charge in [-0.05, 0) is 55.9 Å². The highest BCUT2D eigenvalue weighted by atomic mass is 32.1. The van der Waals surface area contributed by atoms with Gasteiger partial charge < -0.3 is 0 Å². The van der Waals surface area contributed by atoms with Crippen LogP contribution in [0.1, 0.15) is 15.9 Å². The number of rotatable bonds is 4. The number of hydrogen-bond donors (Lipinski definition) is 0. The quantitative estimate of drug-likeness (QED) is 0.392. The molecule has 0 radical (unpaired) electrons. The van der Waals surface area contributed by atoms with E-state index in [4.69, 9.17) is 0 Å². The van der Waals surface area contributed by atoms with E-state index in [0.29, 0.717) is 0 Å². The maximum Gasteiger partial charge on any atom is 0.193 e. The number of ketones is 1. The second-order valence-corrected chi connectivity index (χ2v) is 7.07. The average Bonchev–Trinajstić information content (AvgIpc) is 3.35. The van der Waals surface area contributed by atoms with Crippen molar-refractivity contribution in [2.24, 2.45) is 0 Å². The summed E-state index contributed by atoms with van der Waals surface area (Å²) in [7, 11) is 0. The molecule has 1 nitrogen and oxygen atoms in total. The Hall–Kier alpha value is -2.49. The summed E-state index contributed by atoms with van der Waals surface area (Å²) in [6.07, 6.45) is 0. The molecule has 2 aromatic heterocycles. The summed E-state index contributed by atoms with van der Waals surface area (Å²) in [5.74, 6) is 0.0590. The van der Waals surface area contributed by atoms with E-state index in [9.17, 15) is 4.79 Å². The Kier molecular flexibility index (Phi) is 4.11. The van der Waals surface area contributed by atoms with Crippen LogP contribution in [0.2, 0.25) is 0 Å². The van der Waals surface area contributed by atoms with Crippen molar-refractivity contribution in [1.29, 1.82) is 0 Å². The van der Waals surface area contributed by atoms with Gasteiger partial charge in [0.25, 0.3) is 0 Å². The number of carbonyl (C=O) groups is 1. The zero-order valence-electron chi connectivity index (χ0n) is 12.8. The first kappa shape index (κ1) is 15.1. The molecule has 0 saturated heterocycles. The fraction of sp³-hybridized carbons (Fsp3) is 0. The molecule has 24 heavy (non-hydrogen) atoms. The summed E-state index contributed by atoms with van der Waals surface area (Å²) < 4.78 is 0. The predicted octanol–water partition coefficient (Wildman–Crippen LogP) is 6.37. The van der Waals surface area contributed by atoms with Crippen molar-refractivity contribution >= 4 is 28.5 Å². The average molecular weight is 346 g/mol. The highest BCUT2D eigenvalue weighted by Crippen LogP contribution is 2.25. The number of hydrogen-bond acceptors (Lipinski definition) is 3. The van der Waals surface area contributed by atoms with Crippen LogP contribution in [0.25, 0.3) is 22.3 Å². The molecule has 0 atom stereocenters. The Morgan fingerprint density at radius 3 is 1.29 bits per heavy atom. The van der Waals surface area contributed by atoms with Crippen molar-refractivity contribution < 1.29 is 4.79 Å². The highest BCUT2D eigenvalue weighted by Gasteiger charge is 2.10. The summed E-state index contributed by atoms with van der Waals surface area (Å²) in [5.41, 5.74) is 6.11. The lowest BCUT2D eigenvalue weighted by Crippen LogP contribution is -2.00. The summed E-state index contributed by atoms with van der Waals surface area (Å²) in [4.78, 5) is 12.6. The third-order valence-corrected chi connectivity index (χ3v) is 5.37. The third-order valence-electron chi connectivity index (χ3n) is 4.00. The minimum absolute atomic E-state index is 0.0590. The molecule has 4 rings (SSSR count). The van der Waals surface area contributed by atoms with Gasteiger partial charge in [-0.2, -0.15) is 22.7 Å². The Labute approximate surface area is 148 Å². The van der Waals surface area contributed by atoms with Crippen LogP contribution in [-0.2, 0) is 0 Å². The van der Waals surface area contributed by atoms with Gasteiger partial charge >= 0.3 is 0 Å². The predicted molar refractivity (Wildman–Crippen MR) is 103 cm³/mol. The van der Waals surface area contributed by atoms with Crippen molar-refractivity contribution in [2.45, 2.75) is 0 Å². The van der Waals surface area contributed by atoms with Crippen LogP contribution >= 0.6 is 22.7 Å². The largest absolute Gasteiger partial charge is 0.289 e. The lowest BCUT2D eigenvalue weighted by molar-refractivity contribution is 0.103. The second kappa shape index (κ2) is 6.56. The van der Waals surface area contributed by atoms with Crippen molar-refractivity contribution in [3.8, 4) is 22.3 Å². The second-order valence-electron chi connectivity index (χ2n) is 5.51. The van der Waals surface area contributed by atoms with Crippen LogP contribution in [0.4, 0.5) is 0 Å². The molecule has 116 valence electrons. The molecule has 2 heterocycles. The van der Waals surface area contributed by atoms with Crippen molar-refractivity contribution in [3.05, 3.63) is 93.3 Å². The molecular formula is C21H14OS2. The monoisotopic (exact) mass is 346 g/mol. The van der Waals surface area contributed by atoms with Gasteiger partial charge in [-0.1, -0.05) is 48.5 Å². The smallest absolute Gasteiger partial charge is 0.193 e. The van der Waals surface area contributed by atoms with E-state index in [1.807, 2.05) is 48.5 Å². The topological polar surface area (TPSA) is 17.1 Å². The Bertz CT molecular complexity index is 853. The number of thiophene rings is 2. The van der Waals surface area contributed by atoms with Crippen molar-refractivity contribution in [2.75, 3.05) is 0 Å². The summed E-state index contributed by atoms with van der Waals surface area (Å²) >= 11 is 3.35. The fourth-order valence-corrected chi connectivity index (χ4v) is 3.98. The molecule has 0 aliphatic carbocycles. The molecule has 0 bridgehead atoms. The van der Waals surface area contributed by atoms with Crippen LogP contribution in [0.15, 0.2) is 82.2 Å². The van der Waals surface area contributed by atoms with Crippen LogP contribution in [-0.4, -0.2) is 5.78 Å². The number of benzene rings is 2. The molecule has 0 aliphatic heterocycles. The molecule has 3 heteroatoms. The minimum atomic E-state index is 0.0590. The van der Waals surface area contributed by atoms with Gasteiger partial charge in [-0.15, -0.1) is 0 Å². The van der Waals surface area contributed by atoms with Gasteiger partial charge in [-0.3, -0.25) is 4.79 Å². The molecular weight excluding hydrogens is 332 g/mol. The van der Waals surface area contributed by atoms with E-state index in [1.54, 1.807) is 22.7 Å². The fourth-order valence-electron chi connectivity index (χ4n) is 2.65. The first-order valence-electron chi connectivity index (χ1n) is 7.61. The van der Waals surface area contributed by atoms with E-state index >= 15 is 0 Å². The summed E-state index contributed by atoms with van der Waals surface area (Å²) in [5, 5.41) is 8.34. The van der Waals surface area contributed by atoms with Crippen LogP contribution in [0.3, 0.4) is 0 Å². The highest BCUT2D eigenvalue weighted by molar-refractivity contribution is 7.08. The third kappa shape index (κ3) is 2.96. The molecule has 0 aliphatic rings. The Morgan fingerprint density at radius 1 is 0.542 bits per heavy atom. The Balaban J connectivity index is 1.57. The lowest BCUT2D eigenvalue weighted by Gasteiger charge is -2.04. The molecule has 2 aromatic carbocycles. The number of carbonyl (C=O) groups excluding carboxylic acids is 1. The Morgan fingerprint density at radius 2 is 0.958 bits per heavy atom. The normalized spacial score (nSPS) is 10.7. The van der Waals surface area contributed by atoms with E-state index in [1.165, 1.54) is 11.1 Å². The zero-order valence-corrected chi connectivity index (χ0v) is 14.4.